The molecule has 1 aliphatic rings. The molecule has 5 heteroatoms. The monoisotopic (exact) mass is 382 g/mol. The van der Waals surface area contributed by atoms with Gasteiger partial charge in [0.05, 0.1) is 12.7 Å². The Kier molecular flexibility index (Phi) is 5.39. The molecule has 0 saturated carbocycles. The normalized spacial score (nSPS) is 18.1. The summed E-state index contributed by atoms with van der Waals surface area (Å²) in [6.07, 6.45) is 0.813. The van der Waals surface area contributed by atoms with E-state index in [0.29, 0.717) is 17.9 Å². The minimum absolute atomic E-state index is 0.0860. The fraction of sp³-hybridized carbons (Fsp3) is 0.435. The average Bonchev–Trinajstić information content (AvgIpc) is 2.62. The summed E-state index contributed by atoms with van der Waals surface area (Å²) in [7, 11) is 5.50. The molecule has 0 bridgehead atoms. The molecule has 0 fully saturated rings. The van der Waals surface area contributed by atoms with E-state index in [-0.39, 0.29) is 23.1 Å². The molecule has 5 nitrogen and oxygen atoms in total. The average molecular weight is 383 g/mol. The Labute approximate surface area is 167 Å². The fourth-order valence-corrected chi connectivity index (χ4v) is 4.29. The summed E-state index contributed by atoms with van der Waals surface area (Å²) in [5.41, 5.74) is 2.86. The predicted octanol–water partition coefficient (Wildman–Crippen LogP) is 4.40. The van der Waals surface area contributed by atoms with E-state index < -0.39 is 0 Å². The summed E-state index contributed by atoms with van der Waals surface area (Å²) < 4.78 is 5.44. The topological polar surface area (TPSA) is 53.0 Å². The summed E-state index contributed by atoms with van der Waals surface area (Å²) in [6, 6.07) is 11.1. The lowest BCUT2D eigenvalue weighted by atomic mass is 9.79. The Balaban J connectivity index is 2.18. The van der Waals surface area contributed by atoms with Gasteiger partial charge >= 0.3 is 0 Å². The van der Waals surface area contributed by atoms with Gasteiger partial charge in [0.2, 0.25) is 0 Å². The number of fused-ring (bicyclic) bond motifs is 1. The zero-order chi connectivity index (χ0) is 20.6. The van der Waals surface area contributed by atoms with Crippen molar-refractivity contribution in [1.29, 1.82) is 0 Å². The lowest BCUT2D eigenvalue weighted by molar-refractivity contribution is 0.0950. The molecule has 0 saturated heterocycles. The van der Waals surface area contributed by atoms with Crippen LogP contribution in [0.15, 0.2) is 36.4 Å². The Morgan fingerprint density at radius 3 is 2.61 bits per heavy atom. The van der Waals surface area contributed by atoms with E-state index in [1.807, 2.05) is 54.2 Å². The standard InChI is InChI=1S/C23H30N2O3/c1-15-13-23(2,3)25(22(27)17-9-7-8-10-21(17)28-6)19-11-16(14-24(4)5)20(26)12-18(15)19/h7-12,15,26H,13-14H2,1-6H3/t15-/m0/s1. The number of ether oxygens (including phenoxy) is 1. The van der Waals surface area contributed by atoms with Crippen molar-refractivity contribution in [3.05, 3.63) is 53.1 Å². The van der Waals surface area contributed by atoms with Gasteiger partial charge in [-0.05, 0) is 70.1 Å². The molecule has 0 radical (unpaired) electrons. The molecule has 3 rings (SSSR count). The smallest absolute Gasteiger partial charge is 0.262 e. The second-order valence-corrected chi connectivity index (χ2v) is 8.54. The quantitative estimate of drug-likeness (QED) is 0.852. The van der Waals surface area contributed by atoms with E-state index in [1.165, 1.54) is 0 Å². The first-order valence-electron chi connectivity index (χ1n) is 9.64. The molecule has 1 atom stereocenters. The molecule has 28 heavy (non-hydrogen) atoms. The number of nitrogens with zero attached hydrogens (tertiary/aromatic N) is 2. The zero-order valence-corrected chi connectivity index (χ0v) is 17.6. The number of aromatic hydroxyl groups is 1. The van der Waals surface area contributed by atoms with Crippen molar-refractivity contribution in [3.8, 4) is 11.5 Å². The van der Waals surface area contributed by atoms with Crippen LogP contribution in [-0.4, -0.2) is 42.7 Å². The van der Waals surface area contributed by atoms with Gasteiger partial charge < -0.3 is 19.6 Å². The van der Waals surface area contributed by atoms with Crippen molar-refractivity contribution in [1.82, 2.24) is 4.90 Å². The molecule has 0 unspecified atom stereocenters. The Bertz CT molecular complexity index is 889. The molecule has 150 valence electrons. The number of carbonyl (C=O) groups excluding carboxylic acids is 1. The number of carbonyl (C=O) groups is 1. The van der Waals surface area contributed by atoms with Gasteiger partial charge in [0.1, 0.15) is 11.5 Å². The highest BCUT2D eigenvalue weighted by molar-refractivity contribution is 6.09. The Morgan fingerprint density at radius 1 is 1.29 bits per heavy atom. The van der Waals surface area contributed by atoms with Crippen molar-refractivity contribution < 1.29 is 14.6 Å². The summed E-state index contributed by atoms with van der Waals surface area (Å²) >= 11 is 0. The van der Waals surface area contributed by atoms with Crippen molar-refractivity contribution in [2.45, 2.75) is 45.2 Å². The van der Waals surface area contributed by atoms with Crippen molar-refractivity contribution in [2.75, 3.05) is 26.1 Å². The molecule has 2 aromatic rings. The molecule has 1 aliphatic heterocycles. The molecule has 1 N–H and O–H groups in total. The van der Waals surface area contributed by atoms with Crippen molar-refractivity contribution in [3.63, 3.8) is 0 Å². The van der Waals surface area contributed by atoms with E-state index in [4.69, 9.17) is 4.74 Å². The lowest BCUT2D eigenvalue weighted by Crippen LogP contribution is -2.51. The number of benzene rings is 2. The van der Waals surface area contributed by atoms with Crippen LogP contribution >= 0.6 is 0 Å². The number of phenolic OH excluding ortho intramolecular Hbond substituents is 1. The Hall–Kier alpha value is -2.53. The third-order valence-electron chi connectivity index (χ3n) is 5.44. The predicted molar refractivity (Wildman–Crippen MR) is 112 cm³/mol. The van der Waals surface area contributed by atoms with Crippen LogP contribution in [0, 0.1) is 0 Å². The van der Waals surface area contributed by atoms with Crippen LogP contribution in [0.4, 0.5) is 5.69 Å². The molecular formula is C23H30N2O3. The maximum Gasteiger partial charge on any atom is 0.262 e. The van der Waals surface area contributed by atoms with E-state index in [9.17, 15) is 9.90 Å². The van der Waals surface area contributed by atoms with Crippen LogP contribution in [0.1, 0.15) is 54.6 Å². The van der Waals surface area contributed by atoms with Gasteiger partial charge in [0.25, 0.3) is 5.91 Å². The number of methoxy groups -OCH3 is 1. The molecule has 0 spiro atoms. The first-order valence-corrected chi connectivity index (χ1v) is 9.64. The third-order valence-corrected chi connectivity index (χ3v) is 5.44. The first-order chi connectivity index (χ1) is 13.2. The number of rotatable bonds is 4. The summed E-state index contributed by atoms with van der Waals surface area (Å²) in [5, 5.41) is 10.5. The van der Waals surface area contributed by atoms with E-state index in [2.05, 4.69) is 20.8 Å². The number of amides is 1. The van der Waals surface area contributed by atoms with Crippen molar-refractivity contribution >= 4 is 11.6 Å². The fourth-order valence-electron chi connectivity index (χ4n) is 4.29. The molecule has 1 amide bonds. The number of anilines is 1. The van der Waals surface area contributed by atoms with E-state index in [1.54, 1.807) is 13.2 Å². The number of para-hydroxylation sites is 1. The SMILES string of the molecule is COc1ccccc1C(=O)N1c2cc(CN(C)C)c(O)cc2[C@@H](C)CC1(C)C. The minimum Gasteiger partial charge on any atom is -0.508 e. The number of hydrogen-bond acceptors (Lipinski definition) is 4. The second kappa shape index (κ2) is 7.47. The van der Waals surface area contributed by atoms with Gasteiger partial charge in [-0.25, -0.2) is 0 Å². The summed E-state index contributed by atoms with van der Waals surface area (Å²) in [5.74, 6) is 1.00. The molecule has 0 aromatic heterocycles. The lowest BCUT2D eigenvalue weighted by Gasteiger charge is -2.46. The van der Waals surface area contributed by atoms with Gasteiger partial charge in [0, 0.05) is 23.3 Å². The highest BCUT2D eigenvalue weighted by Gasteiger charge is 2.41. The van der Waals surface area contributed by atoms with Crippen LogP contribution in [0.5, 0.6) is 11.5 Å². The number of hydrogen-bond donors (Lipinski definition) is 1. The molecule has 0 aliphatic carbocycles. The minimum atomic E-state index is -0.364. The van der Waals surface area contributed by atoms with E-state index in [0.717, 1.165) is 23.2 Å². The molecular weight excluding hydrogens is 352 g/mol. The van der Waals surface area contributed by atoms with Crippen LogP contribution in [0.3, 0.4) is 0 Å². The second-order valence-electron chi connectivity index (χ2n) is 8.54. The maximum atomic E-state index is 13.7. The third kappa shape index (κ3) is 3.59. The van der Waals surface area contributed by atoms with Crippen LogP contribution in [0.2, 0.25) is 0 Å². The highest BCUT2D eigenvalue weighted by atomic mass is 16.5. The van der Waals surface area contributed by atoms with Crippen LogP contribution < -0.4 is 9.64 Å². The summed E-state index contributed by atoms with van der Waals surface area (Å²) in [4.78, 5) is 17.5. The van der Waals surface area contributed by atoms with Crippen LogP contribution in [-0.2, 0) is 6.54 Å². The first kappa shape index (κ1) is 20.2. The van der Waals surface area contributed by atoms with Crippen LogP contribution in [0.25, 0.3) is 0 Å². The molecule has 2 aromatic carbocycles. The maximum absolute atomic E-state index is 13.7. The van der Waals surface area contributed by atoms with Gasteiger partial charge in [-0.15, -0.1) is 0 Å². The summed E-state index contributed by atoms with van der Waals surface area (Å²) in [6.45, 7) is 6.94. The number of phenols is 1. The largest absolute Gasteiger partial charge is 0.508 e. The highest BCUT2D eigenvalue weighted by Crippen LogP contribution is 2.46. The van der Waals surface area contributed by atoms with Gasteiger partial charge in [-0.1, -0.05) is 19.1 Å². The molecule has 1 heterocycles. The van der Waals surface area contributed by atoms with E-state index >= 15 is 0 Å². The van der Waals surface area contributed by atoms with Gasteiger partial charge in [0.15, 0.2) is 0 Å². The van der Waals surface area contributed by atoms with Crippen molar-refractivity contribution in [2.24, 2.45) is 0 Å². The van der Waals surface area contributed by atoms with Gasteiger partial charge in [-0.2, -0.15) is 0 Å². The van der Waals surface area contributed by atoms with Gasteiger partial charge in [-0.3, -0.25) is 4.79 Å². The zero-order valence-electron chi connectivity index (χ0n) is 17.6. The Morgan fingerprint density at radius 2 is 1.96 bits per heavy atom.